The molecule has 1 aromatic rings. The van der Waals surface area contributed by atoms with Gasteiger partial charge in [-0.2, -0.15) is 0 Å². The molecule has 2 fully saturated rings. The maximum absolute atomic E-state index is 12.5. The van der Waals surface area contributed by atoms with Crippen molar-refractivity contribution in [3.05, 3.63) is 16.1 Å². The molecule has 0 saturated carbocycles. The maximum Gasteiger partial charge on any atom is 0.223 e. The summed E-state index contributed by atoms with van der Waals surface area (Å²) in [6.45, 7) is 9.18. The molecule has 8 heteroatoms. The number of aryl methyl sites for hydroxylation is 1. The number of aromatic nitrogens is 1. The molecular formula is C17H30Cl2N4OS. The summed E-state index contributed by atoms with van der Waals surface area (Å²) in [6.07, 6.45) is 3.07. The predicted molar refractivity (Wildman–Crippen MR) is 108 cm³/mol. The molecule has 2 aliphatic heterocycles. The minimum atomic E-state index is 0. The fraction of sp³-hybridized carbons (Fsp3) is 0.765. The highest BCUT2D eigenvalue weighted by Crippen LogP contribution is 2.21. The summed E-state index contributed by atoms with van der Waals surface area (Å²) in [5, 5.41) is 9.93. The van der Waals surface area contributed by atoms with E-state index < -0.39 is 0 Å². The highest BCUT2D eigenvalue weighted by molar-refractivity contribution is 7.09. The van der Waals surface area contributed by atoms with Gasteiger partial charge in [-0.05, 0) is 51.7 Å². The zero-order valence-electron chi connectivity index (χ0n) is 15.0. The number of hydrogen-bond acceptors (Lipinski definition) is 5. The Morgan fingerprint density at radius 3 is 2.68 bits per heavy atom. The number of carbonyl (C=O) groups excluding carboxylic acids is 1. The van der Waals surface area contributed by atoms with Crippen molar-refractivity contribution >= 4 is 42.1 Å². The van der Waals surface area contributed by atoms with Gasteiger partial charge in [-0.3, -0.25) is 9.69 Å². The lowest BCUT2D eigenvalue weighted by atomic mass is 9.92. The number of nitrogens with one attached hydrogen (secondary N) is 2. The molecule has 3 rings (SSSR count). The summed E-state index contributed by atoms with van der Waals surface area (Å²) in [7, 11) is 0. The Bertz CT molecular complexity index is 534. The molecule has 0 spiro atoms. The van der Waals surface area contributed by atoms with Crippen molar-refractivity contribution in [2.24, 2.45) is 11.8 Å². The molecule has 0 aromatic carbocycles. The van der Waals surface area contributed by atoms with Gasteiger partial charge in [0, 0.05) is 30.4 Å². The number of halogens is 2. The van der Waals surface area contributed by atoms with Gasteiger partial charge in [0.15, 0.2) is 0 Å². The second-order valence-electron chi connectivity index (χ2n) is 6.99. The van der Waals surface area contributed by atoms with Crippen LogP contribution in [0.25, 0.3) is 0 Å². The van der Waals surface area contributed by atoms with Gasteiger partial charge in [-0.15, -0.1) is 36.2 Å². The third-order valence-corrected chi connectivity index (χ3v) is 5.99. The van der Waals surface area contributed by atoms with Gasteiger partial charge >= 0.3 is 0 Å². The first-order valence-corrected chi connectivity index (χ1v) is 9.64. The highest BCUT2D eigenvalue weighted by atomic mass is 35.5. The minimum Gasteiger partial charge on any atom is -0.352 e. The van der Waals surface area contributed by atoms with E-state index in [-0.39, 0.29) is 36.6 Å². The Hall–Kier alpha value is -0.400. The third-order valence-electron chi connectivity index (χ3n) is 5.17. The lowest BCUT2D eigenvalue weighted by Gasteiger charge is -2.34. The molecule has 2 aliphatic rings. The SMILES string of the molecule is Cc1nc(CN2CCC(C(=O)NC3CNCCC3C)CC2)cs1.Cl.Cl. The van der Waals surface area contributed by atoms with Crippen LogP contribution in [0.1, 0.15) is 36.9 Å². The van der Waals surface area contributed by atoms with Gasteiger partial charge in [0.05, 0.1) is 10.7 Å². The topological polar surface area (TPSA) is 57.3 Å². The number of likely N-dealkylation sites (tertiary alicyclic amines) is 1. The van der Waals surface area contributed by atoms with E-state index in [1.54, 1.807) is 11.3 Å². The zero-order valence-corrected chi connectivity index (χ0v) is 17.4. The fourth-order valence-electron chi connectivity index (χ4n) is 3.55. The number of piperidine rings is 2. The van der Waals surface area contributed by atoms with E-state index in [4.69, 9.17) is 0 Å². The Morgan fingerprint density at radius 2 is 2.08 bits per heavy atom. The summed E-state index contributed by atoms with van der Waals surface area (Å²) < 4.78 is 0. The predicted octanol–water partition coefficient (Wildman–Crippen LogP) is 2.62. The fourth-order valence-corrected chi connectivity index (χ4v) is 4.15. The first-order chi connectivity index (χ1) is 11.1. The van der Waals surface area contributed by atoms with Crippen LogP contribution >= 0.6 is 36.2 Å². The van der Waals surface area contributed by atoms with Crippen LogP contribution < -0.4 is 10.6 Å². The summed E-state index contributed by atoms with van der Waals surface area (Å²) in [5.74, 6) is 1.01. The van der Waals surface area contributed by atoms with Gasteiger partial charge < -0.3 is 10.6 Å². The van der Waals surface area contributed by atoms with Gasteiger partial charge in [0.1, 0.15) is 0 Å². The molecule has 144 valence electrons. The van der Waals surface area contributed by atoms with E-state index in [9.17, 15) is 4.79 Å². The molecule has 0 aliphatic carbocycles. The third kappa shape index (κ3) is 6.36. The second-order valence-corrected chi connectivity index (χ2v) is 8.06. The second kappa shape index (κ2) is 10.7. The van der Waals surface area contributed by atoms with Crippen molar-refractivity contribution in [2.45, 2.75) is 45.7 Å². The summed E-state index contributed by atoms with van der Waals surface area (Å²) in [4.78, 5) is 19.5. The summed E-state index contributed by atoms with van der Waals surface area (Å²) in [6, 6.07) is 0.298. The van der Waals surface area contributed by atoms with Crippen LogP contribution in [0.4, 0.5) is 0 Å². The average Bonchev–Trinajstić information content (AvgIpc) is 2.95. The molecule has 2 unspecified atom stereocenters. The van der Waals surface area contributed by atoms with Gasteiger partial charge in [0.2, 0.25) is 5.91 Å². The lowest BCUT2D eigenvalue weighted by Crippen LogP contribution is -2.52. The maximum atomic E-state index is 12.5. The monoisotopic (exact) mass is 408 g/mol. The zero-order chi connectivity index (χ0) is 16.2. The Morgan fingerprint density at radius 1 is 1.36 bits per heavy atom. The molecule has 5 nitrogen and oxygen atoms in total. The molecule has 2 saturated heterocycles. The standard InChI is InChI=1S/C17H28N4OS.2ClH/c1-12-3-6-18-9-16(12)20-17(22)14-4-7-21(8-5-14)10-15-11-23-13(2)19-15;;/h11-12,14,16,18H,3-10H2,1-2H3,(H,20,22);2*1H. The van der Waals surface area contributed by atoms with Gasteiger partial charge in [0.25, 0.3) is 0 Å². The molecule has 0 radical (unpaired) electrons. The van der Waals surface area contributed by atoms with E-state index in [2.05, 4.69) is 32.8 Å². The van der Waals surface area contributed by atoms with E-state index in [1.165, 1.54) is 0 Å². The quantitative estimate of drug-likeness (QED) is 0.803. The van der Waals surface area contributed by atoms with Crippen LogP contribution in [0.5, 0.6) is 0 Å². The van der Waals surface area contributed by atoms with E-state index >= 15 is 0 Å². The molecule has 25 heavy (non-hydrogen) atoms. The van der Waals surface area contributed by atoms with E-state index in [1.807, 2.05) is 6.92 Å². The molecule has 1 aromatic heterocycles. The number of rotatable bonds is 4. The first kappa shape index (κ1) is 22.6. The highest BCUT2D eigenvalue weighted by Gasteiger charge is 2.29. The van der Waals surface area contributed by atoms with Crippen LogP contribution in [0.15, 0.2) is 5.38 Å². The largest absolute Gasteiger partial charge is 0.352 e. The number of nitrogens with zero attached hydrogens (tertiary/aromatic N) is 2. The van der Waals surface area contributed by atoms with Crippen molar-refractivity contribution in [3.8, 4) is 0 Å². The van der Waals surface area contributed by atoms with Crippen molar-refractivity contribution < 1.29 is 4.79 Å². The first-order valence-electron chi connectivity index (χ1n) is 8.76. The van der Waals surface area contributed by atoms with Crippen LogP contribution in [0.3, 0.4) is 0 Å². The van der Waals surface area contributed by atoms with Gasteiger partial charge in [-0.1, -0.05) is 6.92 Å². The van der Waals surface area contributed by atoms with Crippen LogP contribution in [0.2, 0.25) is 0 Å². The molecule has 2 atom stereocenters. The van der Waals surface area contributed by atoms with E-state index in [0.29, 0.717) is 12.0 Å². The summed E-state index contributed by atoms with van der Waals surface area (Å²) >= 11 is 1.71. The van der Waals surface area contributed by atoms with Crippen LogP contribution in [-0.2, 0) is 11.3 Å². The Labute approximate surface area is 167 Å². The number of thiazole rings is 1. The molecule has 1 amide bonds. The average molecular weight is 409 g/mol. The van der Waals surface area contributed by atoms with Crippen LogP contribution in [0, 0.1) is 18.8 Å². The molecule has 2 N–H and O–H groups in total. The minimum absolute atomic E-state index is 0. The number of carbonyl (C=O) groups is 1. The van der Waals surface area contributed by atoms with E-state index in [0.717, 1.165) is 62.7 Å². The normalized spacial score (nSPS) is 24.9. The summed E-state index contributed by atoms with van der Waals surface area (Å²) in [5.41, 5.74) is 1.16. The molecule has 3 heterocycles. The van der Waals surface area contributed by atoms with Crippen molar-refractivity contribution in [2.75, 3.05) is 26.2 Å². The smallest absolute Gasteiger partial charge is 0.223 e. The van der Waals surface area contributed by atoms with Crippen molar-refractivity contribution in [1.82, 2.24) is 20.5 Å². The number of amides is 1. The van der Waals surface area contributed by atoms with Crippen LogP contribution in [-0.4, -0.2) is 48.0 Å². The Balaban J connectivity index is 0.00000156. The lowest BCUT2D eigenvalue weighted by molar-refractivity contribution is -0.127. The molecular weight excluding hydrogens is 379 g/mol. The molecule has 0 bridgehead atoms. The number of hydrogen-bond donors (Lipinski definition) is 2. The van der Waals surface area contributed by atoms with Crippen molar-refractivity contribution in [1.29, 1.82) is 0 Å². The Kier molecular flexibility index (Phi) is 9.67. The van der Waals surface area contributed by atoms with Crippen molar-refractivity contribution in [3.63, 3.8) is 0 Å². The van der Waals surface area contributed by atoms with Gasteiger partial charge in [-0.25, -0.2) is 4.98 Å².